The van der Waals surface area contributed by atoms with Crippen molar-refractivity contribution in [2.75, 3.05) is 0 Å². The molecule has 0 unspecified atom stereocenters. The molecule has 7 nitrogen and oxygen atoms in total. The molecule has 0 aromatic carbocycles. The number of aromatic nitrogens is 2. The van der Waals surface area contributed by atoms with E-state index in [4.69, 9.17) is 8.83 Å². The van der Waals surface area contributed by atoms with Crippen LogP contribution in [0.15, 0.2) is 21.4 Å². The molecule has 0 amide bonds. The minimum absolute atomic E-state index is 0.0867. The number of alkyl halides is 3. The van der Waals surface area contributed by atoms with Crippen LogP contribution in [0.4, 0.5) is 13.2 Å². The first kappa shape index (κ1) is 14.1. The van der Waals surface area contributed by atoms with E-state index in [9.17, 15) is 21.6 Å². The number of nitrogens with zero attached hydrogens (tertiary/aromatic N) is 2. The Hall–Kier alpha value is -1.31. The van der Waals surface area contributed by atoms with Gasteiger partial charge in [0.25, 0.3) is 15.7 Å². The van der Waals surface area contributed by atoms with Crippen molar-refractivity contribution >= 4 is 32.7 Å². The molecule has 12 heteroatoms. The van der Waals surface area contributed by atoms with Crippen molar-refractivity contribution in [1.29, 1.82) is 0 Å². The lowest BCUT2D eigenvalue weighted by Gasteiger charge is -2.05. The molecule has 0 bridgehead atoms. The highest BCUT2D eigenvalue weighted by Gasteiger charge is 2.49. The Balaban J connectivity index is 2.24. The fourth-order valence-electron chi connectivity index (χ4n) is 0.925. The summed E-state index contributed by atoms with van der Waals surface area (Å²) in [6, 6.07) is 0. The second-order valence-electron chi connectivity index (χ2n) is 2.96. The lowest BCUT2D eigenvalue weighted by molar-refractivity contribution is -0.0501. The number of oxazole rings is 2. The van der Waals surface area contributed by atoms with Gasteiger partial charge in [0.1, 0.15) is 6.26 Å². The number of hydrogen-bond donors (Lipinski definition) is 0. The van der Waals surface area contributed by atoms with Gasteiger partial charge in [0.15, 0.2) is 12.0 Å². The Morgan fingerprint density at radius 2 is 1.89 bits per heavy atom. The van der Waals surface area contributed by atoms with Gasteiger partial charge >= 0.3 is 15.6 Å². The monoisotopic (exact) mass is 410 g/mol. The van der Waals surface area contributed by atoms with Gasteiger partial charge in [-0.05, 0) is 0 Å². The van der Waals surface area contributed by atoms with Crippen molar-refractivity contribution in [2.24, 2.45) is 0 Å². The number of rotatable bonds is 3. The smallest absolute Gasteiger partial charge is 0.440 e. The standard InChI is InChI=1S/C7H2F3IN2O5S/c8-7(9,10)19(14,15)18-4-2-16-5(13-4)3-1-17-6(11)12-3/h1-2H. The van der Waals surface area contributed by atoms with Crippen LogP contribution in [0.3, 0.4) is 0 Å². The minimum Gasteiger partial charge on any atom is -0.440 e. The highest BCUT2D eigenvalue weighted by atomic mass is 127. The van der Waals surface area contributed by atoms with Crippen LogP contribution >= 0.6 is 22.6 Å². The Morgan fingerprint density at radius 3 is 2.42 bits per heavy atom. The van der Waals surface area contributed by atoms with Crippen molar-refractivity contribution in [3.63, 3.8) is 0 Å². The quantitative estimate of drug-likeness (QED) is 0.435. The lowest BCUT2D eigenvalue weighted by atomic mass is 10.5. The molecule has 0 saturated heterocycles. The first-order chi connectivity index (χ1) is 8.69. The van der Waals surface area contributed by atoms with Crippen LogP contribution in [0.5, 0.6) is 5.88 Å². The molecule has 0 atom stereocenters. The molecular formula is C7H2F3IN2O5S. The average molecular weight is 410 g/mol. The van der Waals surface area contributed by atoms with E-state index < -0.39 is 21.5 Å². The largest absolute Gasteiger partial charge is 0.534 e. The van der Waals surface area contributed by atoms with E-state index in [2.05, 4.69) is 14.2 Å². The van der Waals surface area contributed by atoms with Gasteiger partial charge in [0.2, 0.25) is 0 Å². The maximum Gasteiger partial charge on any atom is 0.534 e. The summed E-state index contributed by atoms with van der Waals surface area (Å²) in [5.41, 5.74) is -5.46. The fraction of sp³-hybridized carbons (Fsp3) is 0.143. The summed E-state index contributed by atoms with van der Waals surface area (Å²) in [6.45, 7) is 0. The Labute approximate surface area is 117 Å². The van der Waals surface area contributed by atoms with Crippen molar-refractivity contribution in [3.8, 4) is 17.5 Å². The summed E-state index contributed by atoms with van der Waals surface area (Å²) in [5.74, 6) is -1.09. The van der Waals surface area contributed by atoms with Gasteiger partial charge in [-0.3, -0.25) is 0 Å². The molecule has 2 aromatic heterocycles. The van der Waals surface area contributed by atoms with E-state index in [1.165, 1.54) is 0 Å². The molecule has 19 heavy (non-hydrogen) atoms. The maximum absolute atomic E-state index is 12.1. The first-order valence-electron chi connectivity index (χ1n) is 4.27. The fourth-order valence-corrected chi connectivity index (χ4v) is 1.71. The van der Waals surface area contributed by atoms with Crippen LogP contribution in [0.25, 0.3) is 11.6 Å². The summed E-state index contributed by atoms with van der Waals surface area (Å²) in [7, 11) is -5.78. The third-order valence-corrected chi connectivity index (χ3v) is 3.11. The van der Waals surface area contributed by atoms with Gasteiger partial charge in [0.05, 0.1) is 0 Å². The normalized spacial score (nSPS) is 12.6. The molecule has 0 spiro atoms. The SMILES string of the molecule is O=S(=O)(Oc1coc(-c2coc(I)n2)n1)C(F)(F)F. The predicted octanol–water partition coefficient (Wildman–Crippen LogP) is 2.16. The van der Waals surface area contributed by atoms with Gasteiger partial charge in [-0.1, -0.05) is 0 Å². The van der Waals surface area contributed by atoms with E-state index in [1.807, 2.05) is 0 Å². The lowest BCUT2D eigenvalue weighted by Crippen LogP contribution is -2.28. The van der Waals surface area contributed by atoms with Gasteiger partial charge in [-0.15, -0.1) is 0 Å². The molecule has 2 rings (SSSR count). The minimum atomic E-state index is -5.78. The third kappa shape index (κ3) is 2.99. The summed E-state index contributed by atoms with van der Waals surface area (Å²) in [6.07, 6.45) is 1.75. The van der Waals surface area contributed by atoms with Crippen LogP contribution in [-0.2, 0) is 10.1 Å². The second kappa shape index (κ2) is 4.66. The van der Waals surface area contributed by atoms with E-state index in [1.54, 1.807) is 22.6 Å². The zero-order chi connectivity index (χ0) is 14.3. The highest BCUT2D eigenvalue weighted by Crippen LogP contribution is 2.28. The van der Waals surface area contributed by atoms with Crippen molar-refractivity contribution in [2.45, 2.75) is 5.51 Å². The van der Waals surface area contributed by atoms with E-state index >= 15 is 0 Å². The average Bonchev–Trinajstić information content (AvgIpc) is 2.84. The van der Waals surface area contributed by atoms with Gasteiger partial charge in [-0.2, -0.15) is 31.6 Å². The summed E-state index contributed by atoms with van der Waals surface area (Å²) < 4.78 is 71.1. The van der Waals surface area contributed by atoms with Crippen molar-refractivity contribution in [1.82, 2.24) is 9.97 Å². The third-order valence-electron chi connectivity index (χ3n) is 1.66. The summed E-state index contributed by atoms with van der Waals surface area (Å²) in [4.78, 5) is 7.17. The first-order valence-corrected chi connectivity index (χ1v) is 6.75. The molecule has 0 N–H and O–H groups in total. The molecule has 0 aliphatic carbocycles. The molecule has 0 fully saturated rings. The maximum atomic E-state index is 12.1. The van der Waals surface area contributed by atoms with Crippen LogP contribution in [0.2, 0.25) is 0 Å². The molecule has 104 valence electrons. The van der Waals surface area contributed by atoms with E-state index in [-0.39, 0.29) is 15.5 Å². The molecule has 0 radical (unpaired) electrons. The highest BCUT2D eigenvalue weighted by molar-refractivity contribution is 14.1. The molecule has 0 saturated carbocycles. The molecule has 2 heterocycles. The van der Waals surface area contributed by atoms with Gasteiger partial charge in [-0.25, -0.2) is 0 Å². The summed E-state index contributed by atoms with van der Waals surface area (Å²) in [5, 5.41) is 0. The number of hydrogen-bond acceptors (Lipinski definition) is 7. The van der Waals surface area contributed by atoms with Gasteiger partial charge in [0, 0.05) is 22.6 Å². The summed E-state index contributed by atoms with van der Waals surface area (Å²) >= 11 is 1.74. The second-order valence-corrected chi connectivity index (χ2v) is 5.42. The topological polar surface area (TPSA) is 95.4 Å². The van der Waals surface area contributed by atoms with E-state index in [0.29, 0.717) is 6.26 Å². The zero-order valence-electron chi connectivity index (χ0n) is 8.51. The molecule has 0 aliphatic rings. The Morgan fingerprint density at radius 1 is 1.21 bits per heavy atom. The zero-order valence-corrected chi connectivity index (χ0v) is 11.5. The van der Waals surface area contributed by atoms with Crippen LogP contribution in [0.1, 0.15) is 0 Å². The molecule has 2 aromatic rings. The number of halogens is 4. The Bertz CT molecular complexity index is 692. The predicted molar refractivity (Wildman–Crippen MR) is 60.3 cm³/mol. The van der Waals surface area contributed by atoms with E-state index in [0.717, 1.165) is 6.26 Å². The Kier molecular flexibility index (Phi) is 3.46. The van der Waals surface area contributed by atoms with Crippen molar-refractivity contribution in [3.05, 3.63) is 16.4 Å². The van der Waals surface area contributed by atoms with Crippen LogP contribution in [0, 0.1) is 3.90 Å². The van der Waals surface area contributed by atoms with Crippen molar-refractivity contribution < 1.29 is 34.6 Å². The van der Waals surface area contributed by atoms with Crippen LogP contribution in [-0.4, -0.2) is 23.9 Å². The van der Waals surface area contributed by atoms with Crippen LogP contribution < -0.4 is 4.18 Å². The van der Waals surface area contributed by atoms with Gasteiger partial charge < -0.3 is 13.0 Å². The molecule has 0 aliphatic heterocycles. The molecular weight excluding hydrogens is 408 g/mol.